The molecule has 0 fully saturated rings. The van der Waals surface area contributed by atoms with Crippen molar-refractivity contribution >= 4 is 22.5 Å². The van der Waals surface area contributed by atoms with Gasteiger partial charge in [-0.3, -0.25) is 9.59 Å². The molecule has 1 amide bonds. The summed E-state index contributed by atoms with van der Waals surface area (Å²) in [6, 6.07) is 14.3. The zero-order chi connectivity index (χ0) is 21.1. The van der Waals surface area contributed by atoms with Gasteiger partial charge in [-0.05, 0) is 48.7 Å². The second-order valence-electron chi connectivity index (χ2n) is 7.67. The van der Waals surface area contributed by atoms with Gasteiger partial charge < -0.3 is 14.3 Å². The van der Waals surface area contributed by atoms with Crippen LogP contribution < -0.4 is 10.9 Å². The van der Waals surface area contributed by atoms with E-state index in [1.807, 2.05) is 30.5 Å². The lowest BCUT2D eigenvalue weighted by atomic mass is 10.1. The number of carbonyl (C=O) groups is 1. The average Bonchev–Trinajstić information content (AvgIpc) is 3.38. The average molecular weight is 404 g/mol. The zero-order valence-electron chi connectivity index (χ0n) is 17.0. The molecule has 0 atom stereocenters. The van der Waals surface area contributed by atoms with Crippen LogP contribution in [0.15, 0.2) is 70.2 Å². The van der Waals surface area contributed by atoms with Gasteiger partial charge in [-0.25, -0.2) is 4.68 Å². The van der Waals surface area contributed by atoms with Gasteiger partial charge in [-0.15, -0.1) is 0 Å². The van der Waals surface area contributed by atoms with Crippen molar-refractivity contribution in [3.63, 3.8) is 0 Å². The zero-order valence-corrected chi connectivity index (χ0v) is 17.0. The molecule has 3 heterocycles. The van der Waals surface area contributed by atoms with E-state index in [9.17, 15) is 9.59 Å². The molecular weight excluding hydrogens is 380 g/mol. The van der Waals surface area contributed by atoms with Gasteiger partial charge in [0.1, 0.15) is 12.2 Å². The number of carbonyl (C=O) groups excluding carboxylic acids is 1. The van der Waals surface area contributed by atoms with Gasteiger partial charge in [0.25, 0.3) is 5.56 Å². The molecule has 0 aliphatic rings. The fourth-order valence-corrected chi connectivity index (χ4v) is 3.37. The maximum absolute atomic E-state index is 12.7. The Morgan fingerprint density at radius 2 is 2.00 bits per heavy atom. The third kappa shape index (κ3) is 4.20. The van der Waals surface area contributed by atoms with Crippen molar-refractivity contribution in [1.82, 2.24) is 14.3 Å². The van der Waals surface area contributed by atoms with Gasteiger partial charge in [0.15, 0.2) is 5.76 Å². The van der Waals surface area contributed by atoms with E-state index in [-0.39, 0.29) is 18.0 Å². The monoisotopic (exact) mass is 404 g/mol. The molecule has 1 aromatic carbocycles. The summed E-state index contributed by atoms with van der Waals surface area (Å²) in [6.07, 6.45) is 4.66. The van der Waals surface area contributed by atoms with Crippen molar-refractivity contribution in [3.05, 3.63) is 71.3 Å². The first-order chi connectivity index (χ1) is 14.5. The molecule has 0 saturated heterocycles. The number of nitrogens with zero attached hydrogens (tertiary/aromatic N) is 3. The molecule has 7 heteroatoms. The predicted octanol–water partition coefficient (Wildman–Crippen LogP) is 4.14. The maximum atomic E-state index is 12.7. The first kappa shape index (κ1) is 19.7. The van der Waals surface area contributed by atoms with Crippen LogP contribution >= 0.6 is 0 Å². The van der Waals surface area contributed by atoms with Crippen LogP contribution in [0.1, 0.15) is 20.3 Å². The van der Waals surface area contributed by atoms with Gasteiger partial charge in [-0.1, -0.05) is 19.9 Å². The van der Waals surface area contributed by atoms with Crippen LogP contribution in [0.2, 0.25) is 0 Å². The largest absolute Gasteiger partial charge is 0.463 e. The van der Waals surface area contributed by atoms with Crippen molar-refractivity contribution in [3.8, 4) is 11.5 Å². The Bertz CT molecular complexity index is 1220. The highest BCUT2D eigenvalue weighted by atomic mass is 16.3. The van der Waals surface area contributed by atoms with Gasteiger partial charge >= 0.3 is 0 Å². The number of anilines is 1. The van der Waals surface area contributed by atoms with Crippen LogP contribution in [0, 0.1) is 5.92 Å². The molecule has 30 heavy (non-hydrogen) atoms. The smallest absolute Gasteiger partial charge is 0.267 e. The highest BCUT2D eigenvalue weighted by Gasteiger charge is 2.12. The first-order valence-corrected chi connectivity index (χ1v) is 10.0. The molecule has 4 rings (SSSR count). The fraction of sp³-hybridized carbons (Fsp3) is 0.261. The molecule has 0 aliphatic heterocycles. The second kappa shape index (κ2) is 8.41. The minimum absolute atomic E-state index is 0.183. The summed E-state index contributed by atoms with van der Waals surface area (Å²) in [5, 5.41) is 8.14. The highest BCUT2D eigenvalue weighted by molar-refractivity contribution is 6.01. The van der Waals surface area contributed by atoms with Crippen molar-refractivity contribution in [2.75, 3.05) is 5.32 Å². The van der Waals surface area contributed by atoms with Crippen molar-refractivity contribution in [2.45, 2.75) is 33.4 Å². The van der Waals surface area contributed by atoms with Gasteiger partial charge in [0.2, 0.25) is 5.91 Å². The molecule has 1 N–H and O–H groups in total. The molecule has 0 saturated carbocycles. The van der Waals surface area contributed by atoms with E-state index < -0.39 is 0 Å². The first-order valence-electron chi connectivity index (χ1n) is 10.0. The van der Waals surface area contributed by atoms with Crippen molar-refractivity contribution in [1.29, 1.82) is 0 Å². The number of rotatable bonds is 7. The second-order valence-corrected chi connectivity index (χ2v) is 7.67. The van der Waals surface area contributed by atoms with Crippen LogP contribution in [0.25, 0.3) is 22.4 Å². The van der Waals surface area contributed by atoms with Gasteiger partial charge in [0, 0.05) is 24.2 Å². The Hall–Kier alpha value is -3.61. The van der Waals surface area contributed by atoms with Crippen molar-refractivity contribution in [2.24, 2.45) is 5.92 Å². The van der Waals surface area contributed by atoms with E-state index in [2.05, 4.69) is 28.8 Å². The Balaban J connectivity index is 1.53. The van der Waals surface area contributed by atoms with Crippen LogP contribution in [-0.2, 0) is 17.9 Å². The molecule has 3 aromatic heterocycles. The van der Waals surface area contributed by atoms with E-state index in [1.54, 1.807) is 18.2 Å². The summed E-state index contributed by atoms with van der Waals surface area (Å²) in [5.74, 6) is 0.841. The van der Waals surface area contributed by atoms with E-state index in [1.165, 1.54) is 12.3 Å². The Labute approximate surface area is 173 Å². The number of aromatic nitrogens is 3. The summed E-state index contributed by atoms with van der Waals surface area (Å²) >= 11 is 0. The lowest BCUT2D eigenvalue weighted by Crippen LogP contribution is -2.29. The van der Waals surface area contributed by atoms with E-state index in [0.717, 1.165) is 34.2 Å². The molecule has 7 nitrogen and oxygen atoms in total. The Morgan fingerprint density at radius 3 is 2.77 bits per heavy atom. The normalized spacial score (nSPS) is 11.3. The SMILES string of the molecule is CC(C)CCn1ccc2c(NC(=O)Cn3nc(-c4ccco4)ccc3=O)cccc21. The number of furan rings is 1. The van der Waals surface area contributed by atoms with E-state index >= 15 is 0 Å². The third-order valence-electron chi connectivity index (χ3n) is 4.97. The van der Waals surface area contributed by atoms with Crippen molar-refractivity contribution < 1.29 is 9.21 Å². The summed E-state index contributed by atoms with van der Waals surface area (Å²) in [7, 11) is 0. The maximum Gasteiger partial charge on any atom is 0.267 e. The Morgan fingerprint density at radius 1 is 1.13 bits per heavy atom. The summed E-state index contributed by atoms with van der Waals surface area (Å²) in [4.78, 5) is 24.8. The van der Waals surface area contributed by atoms with Crippen LogP contribution in [-0.4, -0.2) is 20.3 Å². The lowest BCUT2D eigenvalue weighted by Gasteiger charge is -2.10. The van der Waals surface area contributed by atoms with Gasteiger partial charge in [-0.2, -0.15) is 5.10 Å². The summed E-state index contributed by atoms with van der Waals surface area (Å²) < 4.78 is 8.66. The molecule has 0 bridgehead atoms. The molecule has 154 valence electrons. The number of hydrogen-bond donors (Lipinski definition) is 1. The number of benzene rings is 1. The minimum atomic E-state index is -0.349. The topological polar surface area (TPSA) is 82.1 Å². The van der Waals surface area contributed by atoms with Crippen LogP contribution in [0.5, 0.6) is 0 Å². The fourth-order valence-electron chi connectivity index (χ4n) is 3.37. The lowest BCUT2D eigenvalue weighted by molar-refractivity contribution is -0.117. The van der Waals surface area contributed by atoms with E-state index in [0.29, 0.717) is 17.4 Å². The molecule has 0 spiro atoms. The molecule has 0 aliphatic carbocycles. The molecule has 0 radical (unpaired) electrons. The molecule has 4 aromatic rings. The minimum Gasteiger partial charge on any atom is -0.463 e. The number of aryl methyl sites for hydroxylation is 1. The molecule has 0 unspecified atom stereocenters. The van der Waals surface area contributed by atoms with Gasteiger partial charge in [0.05, 0.1) is 17.5 Å². The highest BCUT2D eigenvalue weighted by Crippen LogP contribution is 2.25. The van der Waals surface area contributed by atoms with Crippen LogP contribution in [0.4, 0.5) is 5.69 Å². The Kier molecular flexibility index (Phi) is 5.52. The number of hydrogen-bond acceptors (Lipinski definition) is 4. The standard InChI is InChI=1S/C23H24N4O3/c1-16(2)10-12-26-13-11-17-18(5-3-6-20(17)26)24-22(28)15-27-23(29)9-8-19(25-27)21-7-4-14-30-21/h3-9,11,13-14,16H,10,12,15H2,1-2H3,(H,24,28). The third-order valence-corrected chi connectivity index (χ3v) is 4.97. The van der Waals surface area contributed by atoms with E-state index in [4.69, 9.17) is 4.42 Å². The number of fused-ring (bicyclic) bond motifs is 1. The number of amides is 1. The molecular formula is C23H24N4O3. The van der Waals surface area contributed by atoms with Crippen LogP contribution in [0.3, 0.4) is 0 Å². The number of nitrogens with one attached hydrogen (secondary N) is 1. The summed E-state index contributed by atoms with van der Waals surface area (Å²) in [5.41, 5.74) is 1.94. The predicted molar refractivity (Wildman–Crippen MR) is 116 cm³/mol. The quantitative estimate of drug-likeness (QED) is 0.502. The summed E-state index contributed by atoms with van der Waals surface area (Å²) in [6.45, 7) is 5.15.